The van der Waals surface area contributed by atoms with Crippen LogP contribution in [-0.4, -0.2) is 70.3 Å². The van der Waals surface area contributed by atoms with E-state index in [0.717, 1.165) is 20.7 Å². The van der Waals surface area contributed by atoms with Crippen LogP contribution in [-0.2, 0) is 26.3 Å². The predicted octanol–water partition coefficient (Wildman–Crippen LogP) is 1.61. The predicted molar refractivity (Wildman–Crippen MR) is 123 cm³/mol. The van der Waals surface area contributed by atoms with Crippen molar-refractivity contribution in [2.24, 2.45) is 0 Å². The van der Waals surface area contributed by atoms with Crippen LogP contribution in [0.15, 0.2) is 48.5 Å². The first-order valence-electron chi connectivity index (χ1n) is 10.1. The zero-order chi connectivity index (χ0) is 24.8. The Morgan fingerprint density at radius 2 is 1.76 bits per heavy atom. The maximum absolute atomic E-state index is 13.4. The number of nitrogens with zero attached hydrogens (tertiary/aromatic N) is 3. The lowest BCUT2D eigenvalue weighted by Gasteiger charge is -2.32. The van der Waals surface area contributed by atoms with Gasteiger partial charge in [-0.2, -0.15) is 12.7 Å². The van der Waals surface area contributed by atoms with Crippen LogP contribution >= 0.6 is 0 Å². The van der Waals surface area contributed by atoms with E-state index in [0.29, 0.717) is 11.3 Å². The number of hydrogen-bond acceptors (Lipinski definition) is 5. The number of nitrogens with one attached hydrogen (secondary N) is 1. The molecule has 0 fully saturated rings. The monoisotopic (exact) mass is 480 g/mol. The number of benzene rings is 2. The number of hydrogen-bond donors (Lipinski definition) is 1. The Labute approximate surface area is 193 Å². The third kappa shape index (κ3) is 6.42. The normalized spacial score (nSPS) is 12.2. The van der Waals surface area contributed by atoms with Crippen LogP contribution in [0.25, 0.3) is 0 Å². The van der Waals surface area contributed by atoms with Crippen molar-refractivity contribution in [3.05, 3.63) is 59.9 Å². The van der Waals surface area contributed by atoms with Crippen LogP contribution in [0, 0.1) is 5.82 Å². The molecule has 0 bridgehead atoms. The molecule has 11 heteroatoms. The average Bonchev–Trinajstić information content (AvgIpc) is 2.80. The summed E-state index contributed by atoms with van der Waals surface area (Å²) in [4.78, 5) is 27.0. The summed E-state index contributed by atoms with van der Waals surface area (Å²) in [7, 11) is 1.54. The number of carbonyl (C=O) groups is 2. The molecule has 9 nitrogen and oxygen atoms in total. The van der Waals surface area contributed by atoms with Gasteiger partial charge < -0.3 is 15.0 Å². The average molecular weight is 481 g/mol. The molecule has 2 aromatic rings. The third-order valence-corrected chi connectivity index (χ3v) is 6.85. The number of likely N-dealkylation sites (N-methyl/N-ethyl adjacent to an activating group) is 1. The summed E-state index contributed by atoms with van der Waals surface area (Å²) in [5, 5.41) is 2.51. The van der Waals surface area contributed by atoms with E-state index in [2.05, 4.69) is 5.32 Å². The topological polar surface area (TPSA) is 99.3 Å². The number of halogens is 1. The molecule has 1 atom stereocenters. The van der Waals surface area contributed by atoms with Crippen molar-refractivity contribution in [2.45, 2.75) is 19.5 Å². The number of anilines is 1. The molecule has 0 heterocycles. The van der Waals surface area contributed by atoms with Crippen molar-refractivity contribution in [2.75, 3.05) is 39.1 Å². The Morgan fingerprint density at radius 3 is 2.30 bits per heavy atom. The number of amides is 2. The minimum atomic E-state index is -4.09. The SMILES string of the molecule is CNC(=O)[C@H](C)N(Cc1cccc(OC)c1)C(=O)CN(c1ccc(F)cc1)S(=O)(=O)N(C)C. The summed E-state index contributed by atoms with van der Waals surface area (Å²) in [6.07, 6.45) is 0. The van der Waals surface area contributed by atoms with Gasteiger partial charge in [-0.15, -0.1) is 0 Å². The van der Waals surface area contributed by atoms with Gasteiger partial charge in [0, 0.05) is 27.7 Å². The van der Waals surface area contributed by atoms with Crippen molar-refractivity contribution < 1.29 is 27.1 Å². The van der Waals surface area contributed by atoms with Crippen LogP contribution in [0.5, 0.6) is 5.75 Å². The molecule has 0 aliphatic heterocycles. The van der Waals surface area contributed by atoms with Gasteiger partial charge in [-0.25, -0.2) is 8.70 Å². The van der Waals surface area contributed by atoms with Gasteiger partial charge in [0.05, 0.1) is 12.8 Å². The first kappa shape index (κ1) is 26.1. The summed E-state index contributed by atoms with van der Waals surface area (Å²) in [5.41, 5.74) is 0.814. The summed E-state index contributed by atoms with van der Waals surface area (Å²) in [5.74, 6) is -0.977. The second-order valence-corrected chi connectivity index (χ2v) is 9.50. The van der Waals surface area contributed by atoms with Crippen molar-refractivity contribution in [1.82, 2.24) is 14.5 Å². The number of carbonyl (C=O) groups excluding carboxylic acids is 2. The number of ether oxygens (including phenoxy) is 1. The van der Waals surface area contributed by atoms with E-state index in [1.165, 1.54) is 45.3 Å². The lowest BCUT2D eigenvalue weighted by atomic mass is 10.1. The molecule has 0 aliphatic carbocycles. The lowest BCUT2D eigenvalue weighted by molar-refractivity contribution is -0.139. The Balaban J connectivity index is 2.44. The van der Waals surface area contributed by atoms with Crippen molar-refractivity contribution in [3.63, 3.8) is 0 Å². The van der Waals surface area contributed by atoms with Crippen LogP contribution < -0.4 is 14.4 Å². The van der Waals surface area contributed by atoms with Gasteiger partial charge in [-0.3, -0.25) is 9.59 Å². The smallest absolute Gasteiger partial charge is 0.304 e. The van der Waals surface area contributed by atoms with Crippen LogP contribution in [0.4, 0.5) is 10.1 Å². The fourth-order valence-corrected chi connectivity index (χ4v) is 4.14. The Morgan fingerprint density at radius 1 is 1.12 bits per heavy atom. The van der Waals surface area contributed by atoms with E-state index in [4.69, 9.17) is 4.74 Å². The highest BCUT2D eigenvalue weighted by atomic mass is 32.2. The van der Waals surface area contributed by atoms with E-state index < -0.39 is 40.4 Å². The van der Waals surface area contributed by atoms with E-state index in [9.17, 15) is 22.4 Å². The first-order chi connectivity index (χ1) is 15.5. The maximum atomic E-state index is 13.4. The quantitative estimate of drug-likeness (QED) is 0.557. The lowest BCUT2D eigenvalue weighted by Crippen LogP contribution is -2.52. The van der Waals surface area contributed by atoms with Crippen molar-refractivity contribution in [1.29, 1.82) is 0 Å². The highest BCUT2D eigenvalue weighted by Gasteiger charge is 2.32. The number of rotatable bonds is 10. The molecule has 0 unspecified atom stereocenters. The minimum Gasteiger partial charge on any atom is -0.497 e. The standard InChI is InChI=1S/C22H29FN4O5S/c1-16(22(29)24-2)26(14-17-7-6-8-20(13-17)32-5)21(28)15-27(33(30,31)25(3)4)19-11-9-18(23)10-12-19/h6-13,16H,14-15H2,1-5H3,(H,24,29)/t16-/m0/s1. The second kappa shape index (κ2) is 11.1. The first-order valence-corrected chi connectivity index (χ1v) is 11.5. The molecule has 2 amide bonds. The van der Waals surface area contributed by atoms with Gasteiger partial charge in [-0.1, -0.05) is 12.1 Å². The maximum Gasteiger partial charge on any atom is 0.304 e. The Kier molecular flexibility index (Phi) is 8.77. The minimum absolute atomic E-state index is 0.0455. The fourth-order valence-electron chi connectivity index (χ4n) is 3.08. The van der Waals surface area contributed by atoms with Crippen LogP contribution in [0.2, 0.25) is 0 Å². The van der Waals surface area contributed by atoms with Gasteiger partial charge in [-0.05, 0) is 48.9 Å². The van der Waals surface area contributed by atoms with Gasteiger partial charge in [0.2, 0.25) is 11.8 Å². The number of methoxy groups -OCH3 is 1. The van der Waals surface area contributed by atoms with E-state index >= 15 is 0 Å². The largest absolute Gasteiger partial charge is 0.497 e. The van der Waals surface area contributed by atoms with E-state index in [1.54, 1.807) is 31.2 Å². The molecule has 1 N–H and O–H groups in total. The van der Waals surface area contributed by atoms with Crippen LogP contribution in [0.1, 0.15) is 12.5 Å². The molecule has 2 aromatic carbocycles. The molecule has 0 aliphatic rings. The molecular weight excluding hydrogens is 451 g/mol. The zero-order valence-corrected chi connectivity index (χ0v) is 20.1. The van der Waals surface area contributed by atoms with E-state index in [-0.39, 0.29) is 12.2 Å². The van der Waals surface area contributed by atoms with Gasteiger partial charge >= 0.3 is 10.2 Å². The summed E-state index contributed by atoms with van der Waals surface area (Å²) in [6, 6.07) is 10.9. The molecular formula is C22H29FN4O5S. The summed E-state index contributed by atoms with van der Waals surface area (Å²) < 4.78 is 46.4. The second-order valence-electron chi connectivity index (χ2n) is 7.44. The third-order valence-electron chi connectivity index (χ3n) is 5.03. The molecule has 33 heavy (non-hydrogen) atoms. The molecule has 0 saturated carbocycles. The van der Waals surface area contributed by atoms with E-state index in [1.807, 2.05) is 0 Å². The molecule has 0 saturated heterocycles. The molecule has 180 valence electrons. The zero-order valence-electron chi connectivity index (χ0n) is 19.3. The Hall–Kier alpha value is -3.18. The van der Waals surface area contributed by atoms with Gasteiger partial charge in [0.1, 0.15) is 24.2 Å². The van der Waals surface area contributed by atoms with Crippen LogP contribution in [0.3, 0.4) is 0 Å². The molecule has 0 aromatic heterocycles. The molecule has 0 radical (unpaired) electrons. The molecule has 2 rings (SSSR count). The molecule has 0 spiro atoms. The fraction of sp³-hybridized carbons (Fsp3) is 0.364. The highest BCUT2D eigenvalue weighted by Crippen LogP contribution is 2.22. The highest BCUT2D eigenvalue weighted by molar-refractivity contribution is 7.90. The Bertz CT molecular complexity index is 1080. The van der Waals surface area contributed by atoms with Gasteiger partial charge in [0.15, 0.2) is 0 Å². The van der Waals surface area contributed by atoms with Gasteiger partial charge in [0.25, 0.3) is 0 Å². The van der Waals surface area contributed by atoms with Crippen molar-refractivity contribution in [3.8, 4) is 5.75 Å². The summed E-state index contributed by atoms with van der Waals surface area (Å²) in [6.45, 7) is 1.01. The summed E-state index contributed by atoms with van der Waals surface area (Å²) >= 11 is 0. The van der Waals surface area contributed by atoms with Crippen molar-refractivity contribution >= 4 is 27.7 Å².